The first-order valence-corrected chi connectivity index (χ1v) is 10.5. The number of likely N-dealkylation sites (tertiary alicyclic amines) is 2. The van der Waals surface area contributed by atoms with Crippen molar-refractivity contribution >= 4 is 11.9 Å². The molecule has 2 atom stereocenters. The molecule has 0 bridgehead atoms. The summed E-state index contributed by atoms with van der Waals surface area (Å²) in [7, 11) is 0. The third kappa shape index (κ3) is 5.11. The number of carbonyl (C=O) groups is 2. The molecule has 1 amide bonds. The summed E-state index contributed by atoms with van der Waals surface area (Å²) in [5.74, 6) is -0.0453. The maximum absolute atomic E-state index is 12.8. The number of benzene rings is 1. The van der Waals surface area contributed by atoms with Gasteiger partial charge in [-0.15, -0.1) is 0 Å². The number of piperidine rings is 2. The van der Waals surface area contributed by atoms with Gasteiger partial charge in [0.1, 0.15) is 6.04 Å². The van der Waals surface area contributed by atoms with Crippen LogP contribution in [0.5, 0.6) is 0 Å². The lowest BCUT2D eigenvalue weighted by Crippen LogP contribution is -2.52. The van der Waals surface area contributed by atoms with Crippen molar-refractivity contribution in [3.05, 3.63) is 35.9 Å². The lowest BCUT2D eigenvalue weighted by atomic mass is 9.87. The summed E-state index contributed by atoms with van der Waals surface area (Å²) < 4.78 is 5.16. The molecule has 2 aliphatic rings. The molecule has 0 aromatic heterocycles. The Kier molecular flexibility index (Phi) is 7.45. The SMILES string of the molecule is CCOC(=O)C1CCCCN1C(=O)CN1CCC(C(O)c2ccccc2)CC1. The number of amides is 1. The zero-order valence-corrected chi connectivity index (χ0v) is 16.8. The molecule has 2 saturated heterocycles. The first-order chi connectivity index (χ1) is 13.6. The highest BCUT2D eigenvalue weighted by Crippen LogP contribution is 2.30. The molecule has 6 nitrogen and oxygen atoms in total. The van der Waals surface area contributed by atoms with E-state index in [4.69, 9.17) is 4.74 Å². The van der Waals surface area contributed by atoms with Gasteiger partial charge < -0.3 is 14.7 Å². The van der Waals surface area contributed by atoms with Crippen LogP contribution in [-0.2, 0) is 14.3 Å². The summed E-state index contributed by atoms with van der Waals surface area (Å²) in [6, 6.07) is 9.35. The molecule has 2 aliphatic heterocycles. The van der Waals surface area contributed by atoms with Crippen molar-refractivity contribution in [1.29, 1.82) is 0 Å². The van der Waals surface area contributed by atoms with E-state index in [0.717, 1.165) is 44.3 Å². The van der Waals surface area contributed by atoms with Gasteiger partial charge in [0.15, 0.2) is 0 Å². The maximum Gasteiger partial charge on any atom is 0.328 e. The van der Waals surface area contributed by atoms with Gasteiger partial charge in [-0.1, -0.05) is 30.3 Å². The summed E-state index contributed by atoms with van der Waals surface area (Å²) in [5, 5.41) is 10.6. The van der Waals surface area contributed by atoms with E-state index in [2.05, 4.69) is 4.90 Å². The van der Waals surface area contributed by atoms with Crippen LogP contribution in [0.1, 0.15) is 50.7 Å². The number of rotatable bonds is 6. The van der Waals surface area contributed by atoms with Crippen LogP contribution in [-0.4, -0.2) is 65.6 Å². The molecule has 28 heavy (non-hydrogen) atoms. The average Bonchev–Trinajstić information content (AvgIpc) is 2.74. The summed E-state index contributed by atoms with van der Waals surface area (Å²) in [4.78, 5) is 28.9. The summed E-state index contributed by atoms with van der Waals surface area (Å²) in [5.41, 5.74) is 0.961. The fourth-order valence-corrected chi connectivity index (χ4v) is 4.34. The lowest BCUT2D eigenvalue weighted by molar-refractivity contribution is -0.157. The number of hydrogen-bond acceptors (Lipinski definition) is 5. The molecular formula is C22H32N2O4. The van der Waals surface area contributed by atoms with Crippen LogP contribution in [0.15, 0.2) is 30.3 Å². The quantitative estimate of drug-likeness (QED) is 0.758. The zero-order valence-electron chi connectivity index (χ0n) is 16.8. The molecule has 2 unspecified atom stereocenters. The molecular weight excluding hydrogens is 356 g/mol. The standard InChI is InChI=1S/C22H32N2O4/c1-2-28-22(27)19-10-6-7-13-24(19)20(25)16-23-14-11-18(12-15-23)21(26)17-8-4-3-5-9-17/h3-5,8-9,18-19,21,26H,2,6-7,10-16H2,1H3. The minimum Gasteiger partial charge on any atom is -0.464 e. The molecule has 0 spiro atoms. The number of aliphatic hydroxyl groups is 1. The van der Waals surface area contributed by atoms with Crippen molar-refractivity contribution in [2.75, 3.05) is 32.8 Å². The Bertz CT molecular complexity index is 643. The molecule has 2 fully saturated rings. The highest BCUT2D eigenvalue weighted by Gasteiger charge is 2.34. The Hall–Kier alpha value is -1.92. The van der Waals surface area contributed by atoms with Gasteiger partial charge >= 0.3 is 5.97 Å². The van der Waals surface area contributed by atoms with E-state index >= 15 is 0 Å². The van der Waals surface area contributed by atoms with Crippen molar-refractivity contribution in [3.63, 3.8) is 0 Å². The molecule has 2 heterocycles. The molecule has 1 aromatic rings. The topological polar surface area (TPSA) is 70.1 Å². The first-order valence-electron chi connectivity index (χ1n) is 10.5. The van der Waals surface area contributed by atoms with Gasteiger partial charge in [-0.3, -0.25) is 9.69 Å². The molecule has 1 aromatic carbocycles. The predicted octanol–water partition coefficient (Wildman–Crippen LogP) is 2.38. The van der Waals surface area contributed by atoms with Gasteiger partial charge in [0, 0.05) is 6.54 Å². The van der Waals surface area contributed by atoms with Crippen LogP contribution in [0.25, 0.3) is 0 Å². The number of esters is 1. The minimum atomic E-state index is -0.450. The van der Waals surface area contributed by atoms with Crippen LogP contribution in [0.3, 0.4) is 0 Å². The molecule has 0 radical (unpaired) electrons. The van der Waals surface area contributed by atoms with E-state index < -0.39 is 12.1 Å². The second-order valence-corrected chi connectivity index (χ2v) is 7.82. The molecule has 0 saturated carbocycles. The summed E-state index contributed by atoms with van der Waals surface area (Å²) in [6.07, 6.45) is 3.86. The van der Waals surface area contributed by atoms with Crippen molar-refractivity contribution in [1.82, 2.24) is 9.80 Å². The van der Waals surface area contributed by atoms with E-state index in [1.54, 1.807) is 11.8 Å². The second-order valence-electron chi connectivity index (χ2n) is 7.82. The number of hydrogen-bond donors (Lipinski definition) is 1. The number of ether oxygens (including phenoxy) is 1. The number of carbonyl (C=O) groups excluding carboxylic acids is 2. The minimum absolute atomic E-state index is 0.0137. The number of aliphatic hydroxyl groups excluding tert-OH is 1. The molecule has 0 aliphatic carbocycles. The van der Waals surface area contributed by atoms with Crippen LogP contribution in [0, 0.1) is 5.92 Å². The summed E-state index contributed by atoms with van der Waals surface area (Å²) in [6.45, 7) is 4.68. The zero-order chi connectivity index (χ0) is 19.9. The fourth-order valence-electron chi connectivity index (χ4n) is 4.34. The Morgan fingerprint density at radius 2 is 1.82 bits per heavy atom. The lowest BCUT2D eigenvalue weighted by Gasteiger charge is -2.38. The largest absolute Gasteiger partial charge is 0.464 e. The van der Waals surface area contributed by atoms with Crippen LogP contribution in [0.4, 0.5) is 0 Å². The van der Waals surface area contributed by atoms with Crippen molar-refractivity contribution < 1.29 is 19.4 Å². The third-order valence-electron chi connectivity index (χ3n) is 5.96. The van der Waals surface area contributed by atoms with Gasteiger partial charge in [-0.25, -0.2) is 4.79 Å². The van der Waals surface area contributed by atoms with Gasteiger partial charge in [-0.2, -0.15) is 0 Å². The normalized spacial score (nSPS) is 22.6. The molecule has 6 heteroatoms. The third-order valence-corrected chi connectivity index (χ3v) is 5.96. The predicted molar refractivity (Wildman–Crippen MR) is 107 cm³/mol. The monoisotopic (exact) mass is 388 g/mol. The van der Waals surface area contributed by atoms with E-state index in [-0.39, 0.29) is 17.8 Å². The Morgan fingerprint density at radius 3 is 2.50 bits per heavy atom. The summed E-state index contributed by atoms with van der Waals surface area (Å²) >= 11 is 0. The Labute approximate surface area is 167 Å². The van der Waals surface area contributed by atoms with Gasteiger partial charge in [0.2, 0.25) is 5.91 Å². The van der Waals surface area contributed by atoms with E-state index in [1.807, 2.05) is 30.3 Å². The van der Waals surface area contributed by atoms with Gasteiger partial charge in [-0.05, 0) is 63.6 Å². The smallest absolute Gasteiger partial charge is 0.328 e. The first kappa shape index (κ1) is 20.8. The fraction of sp³-hybridized carbons (Fsp3) is 0.636. The molecule has 3 rings (SSSR count). The maximum atomic E-state index is 12.8. The number of nitrogens with zero attached hydrogens (tertiary/aromatic N) is 2. The van der Waals surface area contributed by atoms with Crippen LogP contribution < -0.4 is 0 Å². The van der Waals surface area contributed by atoms with E-state index in [1.165, 1.54) is 0 Å². The molecule has 1 N–H and O–H groups in total. The van der Waals surface area contributed by atoms with Crippen molar-refractivity contribution in [2.24, 2.45) is 5.92 Å². The van der Waals surface area contributed by atoms with E-state index in [0.29, 0.717) is 26.1 Å². The second kappa shape index (κ2) is 10.0. The highest BCUT2D eigenvalue weighted by molar-refractivity contribution is 5.85. The van der Waals surface area contributed by atoms with Crippen LogP contribution in [0.2, 0.25) is 0 Å². The molecule has 154 valence electrons. The van der Waals surface area contributed by atoms with Gasteiger partial charge in [0.05, 0.1) is 19.3 Å². The van der Waals surface area contributed by atoms with Gasteiger partial charge in [0.25, 0.3) is 0 Å². The average molecular weight is 389 g/mol. The highest BCUT2D eigenvalue weighted by atomic mass is 16.5. The Balaban J connectivity index is 1.51. The Morgan fingerprint density at radius 1 is 1.11 bits per heavy atom. The van der Waals surface area contributed by atoms with Crippen LogP contribution >= 0.6 is 0 Å². The van der Waals surface area contributed by atoms with Crippen molar-refractivity contribution in [3.8, 4) is 0 Å². The van der Waals surface area contributed by atoms with Crippen molar-refractivity contribution in [2.45, 2.75) is 51.2 Å². The van der Waals surface area contributed by atoms with E-state index in [9.17, 15) is 14.7 Å².